The Kier molecular flexibility index (Phi) is 4.16. The van der Waals surface area contributed by atoms with E-state index in [1.165, 1.54) is 16.9 Å². The molecule has 1 aromatic heterocycles. The maximum Gasteiger partial charge on any atom is 0.355 e. The van der Waals surface area contributed by atoms with Gasteiger partial charge in [0.1, 0.15) is 0 Å². The number of carboxylic acid groups (broad SMARTS) is 1. The molecule has 2 aromatic rings. The van der Waals surface area contributed by atoms with E-state index < -0.39 is 5.97 Å². The zero-order valence-corrected chi connectivity index (χ0v) is 11.8. The number of hydrogen-bond donors (Lipinski definition) is 2. The highest BCUT2D eigenvalue weighted by Crippen LogP contribution is 2.27. The third-order valence-electron chi connectivity index (χ3n) is 2.78. The minimum Gasteiger partial charge on any atom is -0.476 e. The summed E-state index contributed by atoms with van der Waals surface area (Å²) in [5.74, 6) is -0.983. The highest BCUT2D eigenvalue weighted by Gasteiger charge is 2.14. The van der Waals surface area contributed by atoms with Crippen LogP contribution in [0, 0.1) is 6.92 Å². The fourth-order valence-electron chi connectivity index (χ4n) is 1.89. The topological polar surface area (TPSA) is 62.2 Å². The molecule has 4 nitrogen and oxygen atoms in total. The maximum absolute atomic E-state index is 11.0. The number of carboxylic acids is 1. The predicted octanol–water partition coefficient (Wildman–Crippen LogP) is 3.85. The Morgan fingerprint density at radius 2 is 2.16 bits per heavy atom. The van der Waals surface area contributed by atoms with Gasteiger partial charge in [-0.2, -0.15) is 0 Å². The van der Waals surface area contributed by atoms with Crippen molar-refractivity contribution in [3.63, 3.8) is 0 Å². The lowest BCUT2D eigenvalue weighted by atomic mass is 10.1. The van der Waals surface area contributed by atoms with Crippen LogP contribution in [0.1, 0.15) is 34.3 Å². The second kappa shape index (κ2) is 5.84. The molecule has 0 atom stereocenters. The number of nitrogens with zero attached hydrogens (tertiary/aromatic N) is 1. The van der Waals surface area contributed by atoms with Gasteiger partial charge in [0.25, 0.3) is 0 Å². The number of anilines is 2. The van der Waals surface area contributed by atoms with Crippen LogP contribution in [-0.2, 0) is 6.42 Å². The van der Waals surface area contributed by atoms with Crippen LogP contribution in [0.5, 0.6) is 0 Å². The first-order chi connectivity index (χ1) is 9.11. The molecule has 0 radical (unpaired) electrons. The summed E-state index contributed by atoms with van der Waals surface area (Å²) in [4.78, 5) is 15.8. The van der Waals surface area contributed by atoms with Gasteiger partial charge in [0.15, 0.2) is 10.8 Å². The number of hydrogen-bond acceptors (Lipinski definition) is 4. The van der Waals surface area contributed by atoms with Gasteiger partial charge in [-0.05, 0) is 25.0 Å². The van der Waals surface area contributed by atoms with Gasteiger partial charge >= 0.3 is 5.97 Å². The Labute approximate surface area is 116 Å². The lowest BCUT2D eigenvalue weighted by molar-refractivity contribution is 0.0690. The van der Waals surface area contributed by atoms with Gasteiger partial charge in [-0.25, -0.2) is 9.78 Å². The van der Waals surface area contributed by atoms with Crippen LogP contribution in [0.2, 0.25) is 0 Å². The summed E-state index contributed by atoms with van der Waals surface area (Å²) in [5, 5.41) is 12.8. The molecule has 0 aliphatic rings. The Morgan fingerprint density at radius 3 is 2.79 bits per heavy atom. The molecule has 1 aromatic carbocycles. The smallest absolute Gasteiger partial charge is 0.355 e. The van der Waals surface area contributed by atoms with Crippen LogP contribution in [0.3, 0.4) is 0 Å². The first-order valence-electron chi connectivity index (χ1n) is 6.17. The summed E-state index contributed by atoms with van der Waals surface area (Å²) < 4.78 is 0. The van der Waals surface area contributed by atoms with Crippen LogP contribution in [0.15, 0.2) is 24.3 Å². The SMILES string of the molecule is CCCc1ccccc1Nc1nc(C(=O)O)c(C)s1. The number of thiazole rings is 1. The van der Waals surface area contributed by atoms with Gasteiger partial charge in [-0.3, -0.25) is 0 Å². The van der Waals surface area contributed by atoms with Crippen molar-refractivity contribution in [2.24, 2.45) is 0 Å². The fourth-order valence-corrected chi connectivity index (χ4v) is 2.71. The molecule has 5 heteroatoms. The standard InChI is InChI=1S/C14H16N2O2S/c1-3-6-10-7-4-5-8-11(10)15-14-16-12(13(17)18)9(2)19-14/h4-5,7-8H,3,6H2,1-2H3,(H,15,16)(H,17,18). The molecule has 0 bridgehead atoms. The van der Waals surface area contributed by atoms with E-state index in [1.807, 2.05) is 18.2 Å². The summed E-state index contributed by atoms with van der Waals surface area (Å²) in [7, 11) is 0. The summed E-state index contributed by atoms with van der Waals surface area (Å²) >= 11 is 1.36. The van der Waals surface area contributed by atoms with Crippen molar-refractivity contribution < 1.29 is 9.90 Å². The average Bonchev–Trinajstić information content (AvgIpc) is 2.73. The average molecular weight is 276 g/mol. The largest absolute Gasteiger partial charge is 0.476 e. The highest BCUT2D eigenvalue weighted by molar-refractivity contribution is 7.15. The lowest BCUT2D eigenvalue weighted by Crippen LogP contribution is -2.00. The van der Waals surface area contributed by atoms with Crippen LogP contribution in [-0.4, -0.2) is 16.1 Å². The molecule has 2 N–H and O–H groups in total. The number of rotatable bonds is 5. The van der Waals surface area contributed by atoms with E-state index in [1.54, 1.807) is 6.92 Å². The monoisotopic (exact) mass is 276 g/mol. The van der Waals surface area contributed by atoms with E-state index in [9.17, 15) is 4.79 Å². The number of nitrogens with one attached hydrogen (secondary N) is 1. The Bertz CT molecular complexity index is 593. The minimum absolute atomic E-state index is 0.125. The van der Waals surface area contributed by atoms with Crippen LogP contribution < -0.4 is 5.32 Å². The Balaban J connectivity index is 2.26. The number of aromatic carboxylic acids is 1. The maximum atomic E-state index is 11.0. The second-order valence-corrected chi connectivity index (χ2v) is 5.46. The van der Waals surface area contributed by atoms with Gasteiger partial charge in [0.05, 0.1) is 0 Å². The van der Waals surface area contributed by atoms with Gasteiger partial charge in [0.2, 0.25) is 0 Å². The molecule has 0 spiro atoms. The quantitative estimate of drug-likeness (QED) is 0.870. The molecule has 0 aliphatic heterocycles. The molecule has 100 valence electrons. The normalized spacial score (nSPS) is 10.4. The van der Waals surface area contributed by atoms with Crippen molar-refractivity contribution in [2.75, 3.05) is 5.32 Å². The molecule has 1 heterocycles. The van der Waals surface area contributed by atoms with Crippen molar-refractivity contribution in [3.8, 4) is 0 Å². The molecule has 0 aliphatic carbocycles. The first kappa shape index (κ1) is 13.5. The Hall–Kier alpha value is -1.88. The van der Waals surface area contributed by atoms with E-state index in [0.29, 0.717) is 10.0 Å². The molecular weight excluding hydrogens is 260 g/mol. The molecule has 0 fully saturated rings. The molecule has 0 saturated carbocycles. The summed E-state index contributed by atoms with van der Waals surface area (Å²) in [6, 6.07) is 8.03. The van der Waals surface area contributed by atoms with Gasteiger partial charge in [-0.15, -0.1) is 11.3 Å². The van der Waals surface area contributed by atoms with E-state index >= 15 is 0 Å². The molecule has 0 amide bonds. The zero-order valence-electron chi connectivity index (χ0n) is 10.9. The third kappa shape index (κ3) is 3.12. The van der Waals surface area contributed by atoms with Crippen LogP contribution in [0.25, 0.3) is 0 Å². The fraction of sp³-hybridized carbons (Fsp3) is 0.286. The Morgan fingerprint density at radius 1 is 1.42 bits per heavy atom. The van der Waals surface area contributed by atoms with Gasteiger partial charge in [0, 0.05) is 10.6 Å². The van der Waals surface area contributed by atoms with Crippen molar-refractivity contribution in [1.82, 2.24) is 4.98 Å². The molecular formula is C14H16N2O2S. The molecule has 19 heavy (non-hydrogen) atoms. The van der Waals surface area contributed by atoms with Crippen molar-refractivity contribution in [2.45, 2.75) is 26.7 Å². The van der Waals surface area contributed by atoms with Crippen LogP contribution in [0.4, 0.5) is 10.8 Å². The van der Waals surface area contributed by atoms with E-state index in [4.69, 9.17) is 5.11 Å². The number of aromatic nitrogens is 1. The van der Waals surface area contributed by atoms with Crippen LogP contribution >= 0.6 is 11.3 Å². The zero-order chi connectivity index (χ0) is 13.8. The van der Waals surface area contributed by atoms with Crippen molar-refractivity contribution in [3.05, 3.63) is 40.4 Å². The van der Waals surface area contributed by atoms with Crippen molar-refractivity contribution >= 4 is 28.1 Å². The number of para-hydroxylation sites is 1. The van der Waals surface area contributed by atoms with Crippen molar-refractivity contribution in [1.29, 1.82) is 0 Å². The third-order valence-corrected chi connectivity index (χ3v) is 3.66. The summed E-state index contributed by atoms with van der Waals surface area (Å²) in [6.07, 6.45) is 2.05. The number of aryl methyl sites for hydroxylation is 2. The molecule has 0 saturated heterocycles. The lowest BCUT2D eigenvalue weighted by Gasteiger charge is -2.08. The van der Waals surface area contributed by atoms with E-state index in [-0.39, 0.29) is 5.69 Å². The minimum atomic E-state index is -0.983. The van der Waals surface area contributed by atoms with E-state index in [2.05, 4.69) is 23.3 Å². The highest BCUT2D eigenvalue weighted by atomic mass is 32.1. The number of carbonyl (C=O) groups is 1. The summed E-state index contributed by atoms with van der Waals surface area (Å²) in [6.45, 7) is 3.90. The number of benzene rings is 1. The second-order valence-electron chi connectivity index (χ2n) is 4.26. The van der Waals surface area contributed by atoms with Gasteiger partial charge in [-0.1, -0.05) is 31.5 Å². The predicted molar refractivity (Wildman–Crippen MR) is 77.5 cm³/mol. The molecule has 0 unspecified atom stereocenters. The van der Waals surface area contributed by atoms with Gasteiger partial charge < -0.3 is 10.4 Å². The van der Waals surface area contributed by atoms with E-state index in [0.717, 1.165) is 18.5 Å². The first-order valence-corrected chi connectivity index (χ1v) is 6.99. The summed E-state index contributed by atoms with van der Waals surface area (Å²) in [5.41, 5.74) is 2.34. The molecule has 2 rings (SSSR count).